The molecular formula is C12H24FN3O2. The van der Waals surface area contributed by atoms with Crippen LogP contribution in [0, 0.1) is 5.41 Å². The number of hydrogen-bond donors (Lipinski definition) is 2. The summed E-state index contributed by atoms with van der Waals surface area (Å²) in [6.07, 6.45) is -1.66. The molecule has 3 atom stereocenters. The molecule has 0 spiro atoms. The molecule has 3 N–H and O–H groups in total. The van der Waals surface area contributed by atoms with Crippen LogP contribution in [0.2, 0.25) is 0 Å². The molecule has 1 aliphatic rings. The van der Waals surface area contributed by atoms with E-state index < -0.39 is 23.7 Å². The largest absolute Gasteiger partial charge is 0.378 e. The predicted molar refractivity (Wildman–Crippen MR) is 68.0 cm³/mol. The van der Waals surface area contributed by atoms with Gasteiger partial charge in [-0.25, -0.2) is 4.39 Å². The summed E-state index contributed by atoms with van der Waals surface area (Å²) in [7, 11) is 3.23. The van der Waals surface area contributed by atoms with E-state index >= 15 is 0 Å². The zero-order valence-electron chi connectivity index (χ0n) is 11.6. The van der Waals surface area contributed by atoms with Crippen LogP contribution in [0.25, 0.3) is 0 Å². The second-order valence-electron chi connectivity index (χ2n) is 5.54. The Hall–Kier alpha value is -0.720. The summed E-state index contributed by atoms with van der Waals surface area (Å²) in [4.78, 5) is 13.6. The van der Waals surface area contributed by atoms with Crippen LogP contribution in [0.5, 0.6) is 0 Å². The van der Waals surface area contributed by atoms with E-state index in [0.29, 0.717) is 13.1 Å². The van der Waals surface area contributed by atoms with Gasteiger partial charge in [0.05, 0.1) is 18.7 Å². The van der Waals surface area contributed by atoms with Crippen LogP contribution in [-0.2, 0) is 9.53 Å². The van der Waals surface area contributed by atoms with Gasteiger partial charge in [0.1, 0.15) is 6.17 Å². The number of piperidine rings is 1. The van der Waals surface area contributed by atoms with Gasteiger partial charge in [0.15, 0.2) is 0 Å². The first-order chi connectivity index (χ1) is 8.33. The summed E-state index contributed by atoms with van der Waals surface area (Å²) in [6.45, 7) is 4.70. The standard InChI is InChI=1S/C12H24FN3O2/c1-12(2)7-16(6-8(13)10(12)18-4)11(17)9(14)5-15-3/h8-10,15H,5-7,14H2,1-4H3/t8-,9?,10-/m1/s1. The lowest BCUT2D eigenvalue weighted by Gasteiger charge is -2.45. The molecule has 5 nitrogen and oxygen atoms in total. The third-order valence-electron chi connectivity index (χ3n) is 3.40. The van der Waals surface area contributed by atoms with Gasteiger partial charge in [-0.2, -0.15) is 0 Å². The lowest BCUT2D eigenvalue weighted by atomic mass is 9.80. The maximum Gasteiger partial charge on any atom is 0.240 e. The quantitative estimate of drug-likeness (QED) is 0.732. The van der Waals surface area contributed by atoms with Crippen molar-refractivity contribution in [2.75, 3.05) is 33.8 Å². The van der Waals surface area contributed by atoms with Crippen molar-refractivity contribution in [3.63, 3.8) is 0 Å². The van der Waals surface area contributed by atoms with Crippen molar-refractivity contribution in [2.24, 2.45) is 11.1 Å². The topological polar surface area (TPSA) is 67.6 Å². The fraction of sp³-hybridized carbons (Fsp3) is 0.917. The number of amides is 1. The Kier molecular flexibility index (Phi) is 5.07. The van der Waals surface area contributed by atoms with E-state index in [1.807, 2.05) is 13.8 Å². The Morgan fingerprint density at radius 1 is 1.67 bits per heavy atom. The Balaban J connectivity index is 2.74. The van der Waals surface area contributed by atoms with Gasteiger partial charge in [-0.3, -0.25) is 4.79 Å². The van der Waals surface area contributed by atoms with Gasteiger partial charge in [0.2, 0.25) is 5.91 Å². The number of nitrogens with zero attached hydrogens (tertiary/aromatic N) is 1. The number of likely N-dealkylation sites (tertiary alicyclic amines) is 1. The number of likely N-dealkylation sites (N-methyl/N-ethyl adjacent to an activating group) is 1. The maximum absolute atomic E-state index is 14.0. The summed E-state index contributed by atoms with van der Waals surface area (Å²) in [6, 6.07) is -0.628. The lowest BCUT2D eigenvalue weighted by molar-refractivity contribution is -0.147. The summed E-state index contributed by atoms with van der Waals surface area (Å²) in [5, 5.41) is 2.85. The molecule has 0 aliphatic carbocycles. The van der Waals surface area contributed by atoms with Crippen molar-refractivity contribution in [1.29, 1.82) is 0 Å². The molecule has 106 valence electrons. The first-order valence-electron chi connectivity index (χ1n) is 6.19. The van der Waals surface area contributed by atoms with Gasteiger partial charge in [-0.1, -0.05) is 13.8 Å². The van der Waals surface area contributed by atoms with E-state index in [1.54, 1.807) is 7.05 Å². The predicted octanol–water partition coefficient (Wildman–Crippen LogP) is -0.245. The molecule has 0 aromatic heterocycles. The number of halogens is 1. The summed E-state index contributed by atoms with van der Waals surface area (Å²) in [5.74, 6) is -0.213. The van der Waals surface area contributed by atoms with Crippen molar-refractivity contribution in [3.8, 4) is 0 Å². The minimum absolute atomic E-state index is 0.0538. The zero-order chi connectivity index (χ0) is 13.9. The molecule has 0 bridgehead atoms. The minimum Gasteiger partial charge on any atom is -0.378 e. The first kappa shape index (κ1) is 15.3. The van der Waals surface area contributed by atoms with Crippen LogP contribution in [0.15, 0.2) is 0 Å². The van der Waals surface area contributed by atoms with Crippen LogP contribution < -0.4 is 11.1 Å². The highest BCUT2D eigenvalue weighted by molar-refractivity contribution is 5.82. The van der Waals surface area contributed by atoms with Gasteiger partial charge in [-0.05, 0) is 7.05 Å². The minimum atomic E-state index is -1.18. The van der Waals surface area contributed by atoms with Crippen molar-refractivity contribution >= 4 is 5.91 Å². The van der Waals surface area contributed by atoms with Crippen LogP contribution >= 0.6 is 0 Å². The molecule has 1 saturated heterocycles. The molecule has 1 unspecified atom stereocenters. The van der Waals surface area contributed by atoms with Gasteiger partial charge < -0.3 is 20.7 Å². The number of rotatable bonds is 4. The SMILES string of the molecule is CNCC(N)C(=O)N1C[C@@H](F)[C@@H](OC)C(C)(C)C1. The normalized spacial score (nSPS) is 29.1. The lowest BCUT2D eigenvalue weighted by Crippen LogP contribution is -2.60. The van der Waals surface area contributed by atoms with Gasteiger partial charge in [0.25, 0.3) is 0 Å². The van der Waals surface area contributed by atoms with Crippen LogP contribution in [0.1, 0.15) is 13.8 Å². The molecule has 1 aliphatic heterocycles. The van der Waals surface area contributed by atoms with E-state index in [2.05, 4.69) is 5.32 Å². The Morgan fingerprint density at radius 3 is 2.72 bits per heavy atom. The van der Waals surface area contributed by atoms with Crippen molar-refractivity contribution < 1.29 is 13.9 Å². The molecule has 0 saturated carbocycles. The highest BCUT2D eigenvalue weighted by atomic mass is 19.1. The number of hydrogen-bond acceptors (Lipinski definition) is 4. The summed E-state index contributed by atoms with van der Waals surface area (Å²) < 4.78 is 19.2. The third kappa shape index (κ3) is 3.18. The summed E-state index contributed by atoms with van der Waals surface area (Å²) in [5.41, 5.74) is 5.34. The molecule has 1 heterocycles. The van der Waals surface area contributed by atoms with E-state index in [9.17, 15) is 9.18 Å². The molecule has 6 heteroatoms. The van der Waals surface area contributed by atoms with E-state index in [-0.39, 0.29) is 12.5 Å². The smallest absolute Gasteiger partial charge is 0.240 e. The first-order valence-corrected chi connectivity index (χ1v) is 6.19. The number of carbonyl (C=O) groups is 1. The van der Waals surface area contributed by atoms with Crippen molar-refractivity contribution in [3.05, 3.63) is 0 Å². The van der Waals surface area contributed by atoms with Gasteiger partial charge >= 0.3 is 0 Å². The number of alkyl halides is 1. The molecule has 1 rings (SSSR count). The second-order valence-corrected chi connectivity index (χ2v) is 5.54. The van der Waals surface area contributed by atoms with E-state index in [1.165, 1.54) is 12.0 Å². The monoisotopic (exact) mass is 261 g/mol. The molecule has 0 radical (unpaired) electrons. The average Bonchev–Trinajstić information content (AvgIpc) is 2.26. The molecule has 1 fully saturated rings. The van der Waals surface area contributed by atoms with Crippen LogP contribution in [0.3, 0.4) is 0 Å². The number of methoxy groups -OCH3 is 1. The molecular weight excluding hydrogens is 237 g/mol. The van der Waals surface area contributed by atoms with Crippen LogP contribution in [-0.4, -0.2) is 62.9 Å². The van der Waals surface area contributed by atoms with Crippen LogP contribution in [0.4, 0.5) is 4.39 Å². The van der Waals surface area contributed by atoms with E-state index in [4.69, 9.17) is 10.5 Å². The highest BCUT2D eigenvalue weighted by Crippen LogP contribution is 2.33. The third-order valence-corrected chi connectivity index (χ3v) is 3.40. The van der Waals surface area contributed by atoms with Gasteiger partial charge in [0, 0.05) is 25.6 Å². The molecule has 1 amide bonds. The molecule has 0 aromatic carbocycles. The zero-order valence-corrected chi connectivity index (χ0v) is 11.6. The summed E-state index contributed by atoms with van der Waals surface area (Å²) >= 11 is 0. The number of nitrogens with two attached hydrogens (primary N) is 1. The number of nitrogens with one attached hydrogen (secondary N) is 1. The second kappa shape index (κ2) is 5.95. The van der Waals surface area contributed by atoms with Gasteiger partial charge in [-0.15, -0.1) is 0 Å². The fourth-order valence-electron chi connectivity index (χ4n) is 2.62. The van der Waals surface area contributed by atoms with E-state index in [0.717, 1.165) is 0 Å². The highest BCUT2D eigenvalue weighted by Gasteiger charge is 2.44. The number of ether oxygens (including phenoxy) is 1. The number of carbonyl (C=O) groups excluding carboxylic acids is 1. The van der Waals surface area contributed by atoms with Crippen molar-refractivity contribution in [1.82, 2.24) is 10.2 Å². The Morgan fingerprint density at radius 2 is 2.28 bits per heavy atom. The Labute approximate surface area is 108 Å². The van der Waals surface area contributed by atoms with Crippen molar-refractivity contribution in [2.45, 2.75) is 32.2 Å². The average molecular weight is 261 g/mol. The maximum atomic E-state index is 14.0. The Bertz CT molecular complexity index is 299. The fourth-order valence-corrected chi connectivity index (χ4v) is 2.62. The molecule has 0 aromatic rings. The molecule has 18 heavy (non-hydrogen) atoms.